The first kappa shape index (κ1) is 63.9. The van der Waals surface area contributed by atoms with Crippen molar-refractivity contribution in [2.75, 3.05) is 13.2 Å². The maximum absolute atomic E-state index is 12.3. The molecule has 66 heavy (non-hydrogen) atoms. The quantitative estimate of drug-likeness (QED) is 0.0374. The average molecular weight is 926 g/mol. The van der Waals surface area contributed by atoms with Gasteiger partial charge in [0.2, 0.25) is 0 Å². The summed E-state index contributed by atoms with van der Waals surface area (Å²) in [6.07, 6.45) is 75.2. The SMILES string of the molecule is CCCCCCC/C=C\C/C=C\C/C=C\CCCCCCCCCCC(=O)OC(CO)COC(=O)CCCCCCCCCCCCCCCCCCC/C=C\CCCCCCCCCC. The molecular weight excluding hydrogens is 813 g/mol. The third kappa shape index (κ3) is 54.5. The molecule has 0 rings (SSSR count). The summed E-state index contributed by atoms with van der Waals surface area (Å²) in [6.45, 7) is 4.16. The first-order chi connectivity index (χ1) is 32.6. The zero-order valence-electron chi connectivity index (χ0n) is 44.2. The summed E-state index contributed by atoms with van der Waals surface area (Å²) < 4.78 is 10.7. The van der Waals surface area contributed by atoms with Gasteiger partial charge in [0.15, 0.2) is 6.10 Å². The average Bonchev–Trinajstić information content (AvgIpc) is 3.32. The van der Waals surface area contributed by atoms with Gasteiger partial charge in [-0.05, 0) is 77.0 Å². The number of carbonyl (C=O) groups excluding carboxylic acids is 2. The molecule has 5 heteroatoms. The predicted molar refractivity (Wildman–Crippen MR) is 288 cm³/mol. The van der Waals surface area contributed by atoms with E-state index in [-0.39, 0.29) is 25.2 Å². The van der Waals surface area contributed by atoms with Crippen molar-refractivity contribution in [1.29, 1.82) is 0 Å². The Kier molecular flexibility index (Phi) is 55.3. The van der Waals surface area contributed by atoms with Crippen molar-refractivity contribution in [2.45, 2.75) is 315 Å². The van der Waals surface area contributed by atoms with E-state index >= 15 is 0 Å². The molecule has 0 aromatic carbocycles. The van der Waals surface area contributed by atoms with Crippen LogP contribution in [0.25, 0.3) is 0 Å². The molecule has 1 atom stereocenters. The monoisotopic (exact) mass is 925 g/mol. The highest BCUT2D eigenvalue weighted by Crippen LogP contribution is 2.17. The number of unbranched alkanes of at least 4 members (excludes halogenated alkanes) is 38. The maximum atomic E-state index is 12.3. The third-order valence-corrected chi connectivity index (χ3v) is 13.1. The van der Waals surface area contributed by atoms with Crippen LogP contribution in [0.2, 0.25) is 0 Å². The van der Waals surface area contributed by atoms with E-state index in [0.29, 0.717) is 12.8 Å². The molecule has 0 fully saturated rings. The van der Waals surface area contributed by atoms with Crippen LogP contribution in [-0.4, -0.2) is 36.4 Å². The van der Waals surface area contributed by atoms with Crippen molar-refractivity contribution < 1.29 is 24.2 Å². The molecule has 0 aromatic heterocycles. The second-order valence-corrected chi connectivity index (χ2v) is 19.7. The molecule has 0 aliphatic heterocycles. The van der Waals surface area contributed by atoms with Crippen molar-refractivity contribution in [3.63, 3.8) is 0 Å². The first-order valence-electron chi connectivity index (χ1n) is 29.2. The van der Waals surface area contributed by atoms with Crippen LogP contribution in [0.5, 0.6) is 0 Å². The molecule has 0 aromatic rings. The molecule has 0 saturated heterocycles. The van der Waals surface area contributed by atoms with Gasteiger partial charge in [0.25, 0.3) is 0 Å². The summed E-state index contributed by atoms with van der Waals surface area (Å²) in [5, 5.41) is 9.66. The Labute approximate surface area is 411 Å². The van der Waals surface area contributed by atoms with E-state index < -0.39 is 6.10 Å². The zero-order valence-corrected chi connectivity index (χ0v) is 44.2. The molecule has 0 amide bonds. The fourth-order valence-electron chi connectivity index (χ4n) is 8.68. The molecule has 0 heterocycles. The second kappa shape index (κ2) is 57.2. The van der Waals surface area contributed by atoms with Crippen molar-refractivity contribution in [2.24, 2.45) is 0 Å². The number of rotatable bonds is 54. The lowest BCUT2D eigenvalue weighted by Gasteiger charge is -2.15. The number of carbonyl (C=O) groups is 2. The normalized spacial score (nSPS) is 12.5. The number of allylic oxidation sites excluding steroid dienone is 8. The number of ether oxygens (including phenoxy) is 2. The summed E-state index contributed by atoms with van der Waals surface area (Å²) in [5.74, 6) is -0.586. The molecule has 0 aliphatic carbocycles. The van der Waals surface area contributed by atoms with Crippen LogP contribution in [0, 0.1) is 0 Å². The highest BCUT2D eigenvalue weighted by molar-refractivity contribution is 5.70. The molecule has 1 unspecified atom stereocenters. The van der Waals surface area contributed by atoms with Gasteiger partial charge in [0.1, 0.15) is 6.61 Å². The van der Waals surface area contributed by atoms with Crippen LogP contribution in [0.15, 0.2) is 48.6 Å². The lowest BCUT2D eigenvalue weighted by atomic mass is 10.0. The number of hydrogen-bond acceptors (Lipinski definition) is 5. The van der Waals surface area contributed by atoms with Crippen molar-refractivity contribution >= 4 is 11.9 Å². The van der Waals surface area contributed by atoms with Gasteiger partial charge < -0.3 is 14.6 Å². The number of aliphatic hydroxyl groups excluding tert-OH is 1. The van der Waals surface area contributed by atoms with E-state index in [1.165, 1.54) is 231 Å². The first-order valence-corrected chi connectivity index (χ1v) is 29.2. The topological polar surface area (TPSA) is 72.8 Å². The van der Waals surface area contributed by atoms with E-state index in [0.717, 1.165) is 51.4 Å². The van der Waals surface area contributed by atoms with E-state index in [1.807, 2.05) is 0 Å². The zero-order chi connectivity index (χ0) is 47.7. The molecule has 386 valence electrons. The Balaban J connectivity index is 3.46. The van der Waals surface area contributed by atoms with Crippen LogP contribution in [0.4, 0.5) is 0 Å². The highest BCUT2D eigenvalue weighted by atomic mass is 16.6. The molecule has 0 saturated carbocycles. The molecule has 0 radical (unpaired) electrons. The van der Waals surface area contributed by atoms with Gasteiger partial charge in [-0.3, -0.25) is 9.59 Å². The third-order valence-electron chi connectivity index (χ3n) is 13.1. The van der Waals surface area contributed by atoms with Crippen molar-refractivity contribution in [1.82, 2.24) is 0 Å². The van der Waals surface area contributed by atoms with Crippen molar-refractivity contribution in [3.8, 4) is 0 Å². The molecule has 0 aliphatic rings. The Morgan fingerprint density at radius 3 is 0.924 bits per heavy atom. The van der Waals surface area contributed by atoms with Crippen LogP contribution >= 0.6 is 0 Å². The Morgan fingerprint density at radius 1 is 0.348 bits per heavy atom. The number of esters is 2. The summed E-state index contributed by atoms with van der Waals surface area (Å²) in [6, 6.07) is 0. The molecule has 1 N–H and O–H groups in total. The lowest BCUT2D eigenvalue weighted by molar-refractivity contribution is -0.161. The van der Waals surface area contributed by atoms with Crippen LogP contribution in [0.3, 0.4) is 0 Å². The summed E-state index contributed by atoms with van der Waals surface area (Å²) in [7, 11) is 0. The van der Waals surface area contributed by atoms with Gasteiger partial charge in [-0.15, -0.1) is 0 Å². The molecule has 5 nitrogen and oxygen atoms in total. The Bertz CT molecular complexity index is 1090. The minimum absolute atomic E-state index is 0.0666. The molecule has 0 bridgehead atoms. The van der Waals surface area contributed by atoms with Gasteiger partial charge in [0.05, 0.1) is 6.61 Å². The van der Waals surface area contributed by atoms with Crippen molar-refractivity contribution in [3.05, 3.63) is 48.6 Å². The van der Waals surface area contributed by atoms with Gasteiger partial charge in [-0.25, -0.2) is 0 Å². The summed E-state index contributed by atoms with van der Waals surface area (Å²) in [4.78, 5) is 24.5. The Morgan fingerprint density at radius 2 is 0.606 bits per heavy atom. The fourth-order valence-corrected chi connectivity index (χ4v) is 8.68. The van der Waals surface area contributed by atoms with E-state index in [4.69, 9.17) is 9.47 Å². The number of aliphatic hydroxyl groups is 1. The predicted octanol–water partition coefficient (Wildman–Crippen LogP) is 19.6. The minimum atomic E-state index is -0.776. The van der Waals surface area contributed by atoms with E-state index in [9.17, 15) is 14.7 Å². The van der Waals surface area contributed by atoms with E-state index in [2.05, 4.69) is 62.5 Å². The summed E-state index contributed by atoms with van der Waals surface area (Å²) >= 11 is 0. The lowest BCUT2D eigenvalue weighted by Crippen LogP contribution is -2.28. The number of hydrogen-bond donors (Lipinski definition) is 1. The smallest absolute Gasteiger partial charge is 0.306 e. The van der Waals surface area contributed by atoms with Gasteiger partial charge >= 0.3 is 11.9 Å². The Hall–Kier alpha value is -2.14. The van der Waals surface area contributed by atoms with Gasteiger partial charge in [-0.1, -0.05) is 268 Å². The van der Waals surface area contributed by atoms with Crippen LogP contribution < -0.4 is 0 Å². The fraction of sp³-hybridized carbons (Fsp3) is 0.836. The largest absolute Gasteiger partial charge is 0.462 e. The van der Waals surface area contributed by atoms with Gasteiger partial charge in [0, 0.05) is 12.8 Å². The maximum Gasteiger partial charge on any atom is 0.306 e. The second-order valence-electron chi connectivity index (χ2n) is 19.7. The summed E-state index contributed by atoms with van der Waals surface area (Å²) in [5.41, 5.74) is 0. The standard InChI is InChI=1S/C61H112O5/c1-3-5-7-9-11-13-15-17-19-21-23-25-27-28-29-30-31-32-34-35-37-39-41-43-45-47-49-51-53-55-60(63)65-58-59(57-62)66-61(64)56-54-52-50-48-46-44-42-40-38-36-33-26-24-22-20-18-16-14-12-10-8-6-4-2/h16,18,21-24,33,36,59,62H,3-15,17,19-20,25-32,34-35,37-58H2,1-2H3/b18-16-,23-21-,24-22-,36-33-. The van der Waals surface area contributed by atoms with Gasteiger partial charge in [-0.2, -0.15) is 0 Å². The van der Waals surface area contributed by atoms with Crippen LogP contribution in [0.1, 0.15) is 309 Å². The van der Waals surface area contributed by atoms with Crippen LogP contribution in [-0.2, 0) is 19.1 Å². The molecule has 0 spiro atoms. The highest BCUT2D eigenvalue weighted by Gasteiger charge is 2.16. The van der Waals surface area contributed by atoms with E-state index in [1.54, 1.807) is 0 Å². The minimum Gasteiger partial charge on any atom is -0.462 e. The molecular formula is C61H112O5.